The molecule has 3 N–H and O–H groups in total. The van der Waals surface area contributed by atoms with Gasteiger partial charge >= 0.3 is 0 Å². The maximum Gasteiger partial charge on any atom is 0.222 e. The smallest absolute Gasteiger partial charge is 0.222 e. The number of benzene rings is 1. The fourth-order valence-electron chi connectivity index (χ4n) is 1.73. The van der Waals surface area contributed by atoms with Crippen LogP contribution in [0.3, 0.4) is 0 Å². The number of halogens is 1. The van der Waals surface area contributed by atoms with Crippen molar-refractivity contribution in [1.82, 2.24) is 9.97 Å². The predicted octanol–water partition coefficient (Wildman–Crippen LogP) is 3.52. The highest BCUT2D eigenvalue weighted by molar-refractivity contribution is 9.10. The van der Waals surface area contributed by atoms with Crippen molar-refractivity contribution < 1.29 is 0 Å². The molecule has 2 rings (SSSR count). The molecule has 1 aromatic carbocycles. The zero-order chi connectivity index (χ0) is 13.0. The van der Waals surface area contributed by atoms with Gasteiger partial charge in [-0.25, -0.2) is 4.98 Å². The van der Waals surface area contributed by atoms with Crippen LogP contribution in [0.2, 0.25) is 0 Å². The van der Waals surface area contributed by atoms with E-state index in [2.05, 4.69) is 44.2 Å². The minimum atomic E-state index is 0.258. The van der Waals surface area contributed by atoms with E-state index in [4.69, 9.17) is 5.73 Å². The summed E-state index contributed by atoms with van der Waals surface area (Å²) in [5.74, 6) is 0.944. The number of nitrogens with two attached hydrogens (primary N) is 1. The molecule has 0 spiro atoms. The fourth-order valence-corrected chi connectivity index (χ4v) is 2.02. The molecule has 0 aliphatic heterocycles. The number of hydrogen-bond donors (Lipinski definition) is 2. The Morgan fingerprint density at radius 3 is 2.89 bits per heavy atom. The summed E-state index contributed by atoms with van der Waals surface area (Å²) < 4.78 is 0.794. The Morgan fingerprint density at radius 2 is 2.11 bits per heavy atom. The van der Waals surface area contributed by atoms with Crippen molar-refractivity contribution in [3.63, 3.8) is 0 Å². The number of rotatable bonds is 4. The average molecular weight is 307 g/mol. The van der Waals surface area contributed by atoms with Crippen LogP contribution in [0.5, 0.6) is 0 Å². The van der Waals surface area contributed by atoms with Crippen LogP contribution in [0.15, 0.2) is 34.9 Å². The second-order valence-electron chi connectivity index (χ2n) is 3.96. The molecule has 0 unspecified atom stereocenters. The van der Waals surface area contributed by atoms with Crippen LogP contribution in [0, 0.1) is 0 Å². The van der Waals surface area contributed by atoms with Gasteiger partial charge in [0.2, 0.25) is 5.95 Å². The Kier molecular flexibility index (Phi) is 4.15. The number of aromatic nitrogens is 2. The molecule has 0 amide bonds. The molecule has 5 heteroatoms. The van der Waals surface area contributed by atoms with Crippen molar-refractivity contribution in [2.45, 2.75) is 19.8 Å². The molecule has 0 saturated carbocycles. The standard InChI is InChI=1S/C13H15BrN4/c1-2-5-9-6-3-4-7-11(9)17-12-10(14)8-16-13(15)18-12/h3-4,6-8H,2,5H2,1H3,(H3,15,16,17,18). The third-order valence-corrected chi connectivity index (χ3v) is 3.13. The first-order valence-corrected chi connectivity index (χ1v) is 6.63. The minimum Gasteiger partial charge on any atom is -0.368 e. The third kappa shape index (κ3) is 2.98. The molecular formula is C13H15BrN4. The zero-order valence-corrected chi connectivity index (χ0v) is 11.7. The first-order chi connectivity index (χ1) is 8.70. The van der Waals surface area contributed by atoms with Gasteiger partial charge in [0.05, 0.1) is 4.47 Å². The Labute approximate surface area is 115 Å². The van der Waals surface area contributed by atoms with Gasteiger partial charge in [-0.3, -0.25) is 0 Å². The number of aryl methyl sites for hydroxylation is 1. The highest BCUT2D eigenvalue weighted by Crippen LogP contribution is 2.26. The summed E-state index contributed by atoms with van der Waals surface area (Å²) in [5, 5.41) is 3.29. The van der Waals surface area contributed by atoms with Crippen molar-refractivity contribution >= 4 is 33.4 Å². The average Bonchev–Trinajstić information content (AvgIpc) is 2.36. The van der Waals surface area contributed by atoms with E-state index in [1.807, 2.05) is 18.2 Å². The van der Waals surface area contributed by atoms with E-state index < -0.39 is 0 Å². The molecule has 1 aromatic heterocycles. The van der Waals surface area contributed by atoms with Crippen LogP contribution in [0.25, 0.3) is 0 Å². The zero-order valence-electron chi connectivity index (χ0n) is 10.2. The third-order valence-electron chi connectivity index (χ3n) is 2.55. The molecule has 4 nitrogen and oxygen atoms in total. The van der Waals surface area contributed by atoms with Crippen LogP contribution >= 0.6 is 15.9 Å². The molecule has 18 heavy (non-hydrogen) atoms. The first-order valence-electron chi connectivity index (χ1n) is 5.83. The SMILES string of the molecule is CCCc1ccccc1Nc1nc(N)ncc1Br. The molecule has 0 atom stereocenters. The topological polar surface area (TPSA) is 63.8 Å². The number of para-hydroxylation sites is 1. The Bertz CT molecular complexity index is 542. The van der Waals surface area contributed by atoms with Gasteiger partial charge in [0.25, 0.3) is 0 Å². The minimum absolute atomic E-state index is 0.258. The van der Waals surface area contributed by atoms with Crippen molar-refractivity contribution in [3.8, 4) is 0 Å². The molecule has 0 aliphatic rings. The Hall–Kier alpha value is -1.62. The van der Waals surface area contributed by atoms with Crippen LogP contribution in [-0.2, 0) is 6.42 Å². The normalized spacial score (nSPS) is 10.3. The summed E-state index contributed by atoms with van der Waals surface area (Å²) in [5.41, 5.74) is 7.92. The summed E-state index contributed by atoms with van der Waals surface area (Å²) in [7, 11) is 0. The van der Waals surface area contributed by atoms with E-state index in [0.29, 0.717) is 5.82 Å². The van der Waals surface area contributed by atoms with Crippen molar-refractivity contribution in [1.29, 1.82) is 0 Å². The van der Waals surface area contributed by atoms with Gasteiger partial charge in [-0.15, -0.1) is 0 Å². The highest BCUT2D eigenvalue weighted by atomic mass is 79.9. The second kappa shape index (κ2) is 5.82. The summed E-state index contributed by atoms with van der Waals surface area (Å²) in [4.78, 5) is 8.10. The van der Waals surface area contributed by atoms with Gasteiger partial charge < -0.3 is 11.1 Å². The monoisotopic (exact) mass is 306 g/mol. The summed E-state index contributed by atoms with van der Waals surface area (Å²) >= 11 is 3.41. The molecule has 0 radical (unpaired) electrons. The number of nitrogen functional groups attached to an aromatic ring is 1. The van der Waals surface area contributed by atoms with Gasteiger partial charge in [0, 0.05) is 11.9 Å². The van der Waals surface area contributed by atoms with Gasteiger partial charge in [-0.1, -0.05) is 31.5 Å². The maximum atomic E-state index is 5.59. The first kappa shape index (κ1) is 12.8. The molecular weight excluding hydrogens is 292 g/mol. The molecule has 0 fully saturated rings. The molecule has 2 aromatic rings. The van der Waals surface area contributed by atoms with Crippen molar-refractivity contribution in [2.75, 3.05) is 11.1 Å². The highest BCUT2D eigenvalue weighted by Gasteiger charge is 2.06. The number of nitrogens with one attached hydrogen (secondary N) is 1. The molecule has 1 heterocycles. The van der Waals surface area contributed by atoms with Crippen LogP contribution in [0.4, 0.5) is 17.5 Å². The molecule has 0 saturated heterocycles. The lowest BCUT2D eigenvalue weighted by atomic mass is 10.1. The van der Waals surface area contributed by atoms with E-state index in [1.54, 1.807) is 6.20 Å². The van der Waals surface area contributed by atoms with Crippen LogP contribution < -0.4 is 11.1 Å². The predicted molar refractivity (Wildman–Crippen MR) is 77.9 cm³/mol. The van der Waals surface area contributed by atoms with Gasteiger partial charge in [-0.05, 0) is 34.0 Å². The lowest BCUT2D eigenvalue weighted by Crippen LogP contribution is -2.02. The summed E-state index contributed by atoms with van der Waals surface area (Å²) in [6.07, 6.45) is 3.78. The van der Waals surface area contributed by atoms with E-state index in [0.717, 1.165) is 23.0 Å². The molecule has 0 bridgehead atoms. The van der Waals surface area contributed by atoms with Crippen LogP contribution in [0.1, 0.15) is 18.9 Å². The molecule has 94 valence electrons. The van der Waals surface area contributed by atoms with Gasteiger partial charge in [0.15, 0.2) is 0 Å². The Morgan fingerprint density at radius 1 is 1.33 bits per heavy atom. The lowest BCUT2D eigenvalue weighted by molar-refractivity contribution is 0.923. The quantitative estimate of drug-likeness (QED) is 0.907. The fraction of sp³-hybridized carbons (Fsp3) is 0.231. The second-order valence-corrected chi connectivity index (χ2v) is 4.81. The van der Waals surface area contributed by atoms with E-state index in [1.165, 1.54) is 5.56 Å². The number of nitrogens with zero attached hydrogens (tertiary/aromatic N) is 2. The maximum absolute atomic E-state index is 5.59. The number of hydrogen-bond acceptors (Lipinski definition) is 4. The van der Waals surface area contributed by atoms with E-state index >= 15 is 0 Å². The van der Waals surface area contributed by atoms with Gasteiger partial charge in [-0.2, -0.15) is 4.98 Å². The van der Waals surface area contributed by atoms with E-state index in [-0.39, 0.29) is 5.95 Å². The lowest BCUT2D eigenvalue weighted by Gasteiger charge is -2.12. The van der Waals surface area contributed by atoms with Crippen LogP contribution in [-0.4, -0.2) is 9.97 Å². The number of anilines is 3. The van der Waals surface area contributed by atoms with Crippen molar-refractivity contribution in [2.24, 2.45) is 0 Å². The largest absolute Gasteiger partial charge is 0.368 e. The summed E-state index contributed by atoms with van der Waals surface area (Å²) in [6.45, 7) is 2.16. The summed E-state index contributed by atoms with van der Waals surface area (Å²) in [6, 6.07) is 8.19. The molecule has 0 aliphatic carbocycles. The van der Waals surface area contributed by atoms with Crippen molar-refractivity contribution in [3.05, 3.63) is 40.5 Å². The Balaban J connectivity index is 2.30. The van der Waals surface area contributed by atoms with Gasteiger partial charge in [0.1, 0.15) is 5.82 Å². The van der Waals surface area contributed by atoms with E-state index in [9.17, 15) is 0 Å².